The molecule has 0 spiro atoms. The van der Waals surface area contributed by atoms with Crippen LogP contribution in [0.5, 0.6) is 0 Å². The molecule has 0 aliphatic rings. The monoisotopic (exact) mass is 203 g/mol. The van der Waals surface area contributed by atoms with E-state index in [9.17, 15) is 5.11 Å². The molecule has 0 saturated carbocycles. The standard InChI is InChI=1S/C13H17NO/c1-5-9-11(10-6-2)13(14-8-4)12(15)7-3/h5-10,15H,1,3H2,2,4H3/b10-6-,11-9-,13-12+,14-8-. The summed E-state index contributed by atoms with van der Waals surface area (Å²) in [5.41, 5.74) is 1.29. The van der Waals surface area contributed by atoms with Crippen LogP contribution in [-0.4, -0.2) is 11.3 Å². The Morgan fingerprint density at radius 3 is 2.33 bits per heavy atom. The van der Waals surface area contributed by atoms with Crippen molar-refractivity contribution >= 4 is 6.21 Å². The van der Waals surface area contributed by atoms with Crippen LogP contribution in [0.3, 0.4) is 0 Å². The minimum absolute atomic E-state index is 0.0549. The summed E-state index contributed by atoms with van der Waals surface area (Å²) in [6, 6.07) is 0. The van der Waals surface area contributed by atoms with Gasteiger partial charge in [0.25, 0.3) is 0 Å². The zero-order valence-electron chi connectivity index (χ0n) is 9.27. The first-order valence-corrected chi connectivity index (χ1v) is 4.71. The van der Waals surface area contributed by atoms with Crippen LogP contribution in [0.25, 0.3) is 0 Å². The average Bonchev–Trinajstić information content (AvgIpc) is 2.25. The fourth-order valence-corrected chi connectivity index (χ4v) is 1.03. The molecule has 0 radical (unpaired) electrons. The van der Waals surface area contributed by atoms with Crippen LogP contribution in [0.2, 0.25) is 0 Å². The fraction of sp³-hybridized carbons (Fsp3) is 0.154. The van der Waals surface area contributed by atoms with Crippen molar-refractivity contribution in [1.82, 2.24) is 0 Å². The van der Waals surface area contributed by atoms with Gasteiger partial charge in [0.2, 0.25) is 0 Å². The van der Waals surface area contributed by atoms with E-state index in [0.29, 0.717) is 5.70 Å². The number of nitrogens with zero attached hydrogens (tertiary/aromatic N) is 1. The number of allylic oxidation sites excluding steroid dienone is 5. The Bertz CT molecular complexity index is 344. The zero-order chi connectivity index (χ0) is 11.7. The van der Waals surface area contributed by atoms with Crippen LogP contribution in [0.4, 0.5) is 0 Å². The smallest absolute Gasteiger partial charge is 0.141 e. The summed E-state index contributed by atoms with van der Waals surface area (Å²) in [7, 11) is 0. The highest BCUT2D eigenvalue weighted by molar-refractivity contribution is 5.59. The summed E-state index contributed by atoms with van der Waals surface area (Å²) < 4.78 is 0. The molecule has 0 aliphatic carbocycles. The van der Waals surface area contributed by atoms with Gasteiger partial charge in [-0.15, -0.1) is 0 Å². The Hall–Kier alpha value is -1.83. The number of hydrogen-bond acceptors (Lipinski definition) is 2. The first-order chi connectivity index (χ1) is 7.21. The Morgan fingerprint density at radius 1 is 1.27 bits per heavy atom. The predicted octanol–water partition coefficient (Wildman–Crippen LogP) is 3.72. The lowest BCUT2D eigenvalue weighted by atomic mass is 10.1. The number of aliphatic imine (C=N–C) groups is 1. The molecule has 0 atom stereocenters. The van der Waals surface area contributed by atoms with Gasteiger partial charge in [-0.2, -0.15) is 0 Å². The number of rotatable bonds is 5. The molecule has 1 N–H and O–H groups in total. The van der Waals surface area contributed by atoms with E-state index in [1.165, 1.54) is 6.08 Å². The Balaban J connectivity index is 5.49. The highest BCUT2D eigenvalue weighted by atomic mass is 16.3. The molecule has 0 aromatic rings. The molecule has 80 valence electrons. The Kier molecular flexibility index (Phi) is 6.64. The van der Waals surface area contributed by atoms with E-state index in [1.54, 1.807) is 25.3 Å². The lowest BCUT2D eigenvalue weighted by Crippen LogP contribution is -1.90. The third kappa shape index (κ3) is 4.27. The molecule has 0 bridgehead atoms. The molecule has 0 heterocycles. The molecule has 2 nitrogen and oxygen atoms in total. The van der Waals surface area contributed by atoms with Crippen LogP contribution in [0.15, 0.2) is 65.6 Å². The quantitative estimate of drug-likeness (QED) is 0.412. The molecule has 0 saturated heterocycles. The van der Waals surface area contributed by atoms with Crippen LogP contribution in [0, 0.1) is 0 Å². The van der Waals surface area contributed by atoms with Crippen molar-refractivity contribution in [3.8, 4) is 0 Å². The SMILES string of the molecule is C=C/C=C(/C=C\C)C(\N=C/C)=C(/O)C=C. The number of aliphatic hydroxyl groups is 1. The summed E-state index contributed by atoms with van der Waals surface area (Å²) in [6.07, 6.45) is 10.1. The summed E-state index contributed by atoms with van der Waals surface area (Å²) >= 11 is 0. The number of hydrogen-bond donors (Lipinski definition) is 1. The molecule has 0 aromatic heterocycles. The van der Waals surface area contributed by atoms with E-state index >= 15 is 0 Å². The van der Waals surface area contributed by atoms with Gasteiger partial charge in [0.1, 0.15) is 11.5 Å². The van der Waals surface area contributed by atoms with E-state index in [-0.39, 0.29) is 5.76 Å². The zero-order valence-corrected chi connectivity index (χ0v) is 9.27. The molecule has 15 heavy (non-hydrogen) atoms. The normalized spacial score (nSPS) is 14.4. The van der Waals surface area contributed by atoms with Crippen molar-refractivity contribution in [2.45, 2.75) is 13.8 Å². The highest BCUT2D eigenvalue weighted by Gasteiger charge is 2.04. The molecule has 0 amide bonds. The second-order valence-corrected chi connectivity index (χ2v) is 2.68. The largest absolute Gasteiger partial charge is 0.506 e. The van der Waals surface area contributed by atoms with Crippen LogP contribution in [-0.2, 0) is 0 Å². The molecule has 0 fully saturated rings. The van der Waals surface area contributed by atoms with Gasteiger partial charge in [0.05, 0.1) is 0 Å². The fourth-order valence-electron chi connectivity index (χ4n) is 1.03. The van der Waals surface area contributed by atoms with Crippen molar-refractivity contribution in [1.29, 1.82) is 0 Å². The summed E-state index contributed by atoms with van der Waals surface area (Å²) in [5, 5.41) is 9.61. The van der Waals surface area contributed by atoms with Gasteiger partial charge >= 0.3 is 0 Å². The first-order valence-electron chi connectivity index (χ1n) is 4.71. The van der Waals surface area contributed by atoms with E-state index in [2.05, 4.69) is 18.2 Å². The molecule has 0 aliphatic heterocycles. The minimum atomic E-state index is 0.0549. The molecule has 2 heteroatoms. The Labute approximate surface area is 91.4 Å². The van der Waals surface area contributed by atoms with Crippen LogP contribution < -0.4 is 0 Å². The van der Waals surface area contributed by atoms with Crippen molar-refractivity contribution in [3.05, 3.63) is 60.6 Å². The van der Waals surface area contributed by atoms with Crippen LogP contribution >= 0.6 is 0 Å². The molecule has 0 rings (SSSR count). The van der Waals surface area contributed by atoms with E-state index in [4.69, 9.17) is 0 Å². The maximum absolute atomic E-state index is 9.61. The molecular formula is C13H17NO. The van der Waals surface area contributed by atoms with Crippen molar-refractivity contribution < 1.29 is 5.11 Å². The molecule has 0 unspecified atom stereocenters. The van der Waals surface area contributed by atoms with Gasteiger partial charge < -0.3 is 5.11 Å². The van der Waals surface area contributed by atoms with Crippen LogP contribution in [0.1, 0.15) is 13.8 Å². The third-order valence-corrected chi connectivity index (χ3v) is 1.61. The summed E-state index contributed by atoms with van der Waals surface area (Å²) in [4.78, 5) is 4.10. The van der Waals surface area contributed by atoms with Gasteiger partial charge in [0.15, 0.2) is 0 Å². The lowest BCUT2D eigenvalue weighted by Gasteiger charge is -2.03. The Morgan fingerprint density at radius 2 is 1.93 bits per heavy atom. The number of aliphatic hydroxyl groups excluding tert-OH is 1. The predicted molar refractivity (Wildman–Crippen MR) is 67.1 cm³/mol. The van der Waals surface area contributed by atoms with Gasteiger partial charge in [0, 0.05) is 11.8 Å². The van der Waals surface area contributed by atoms with E-state index in [0.717, 1.165) is 5.57 Å². The van der Waals surface area contributed by atoms with Gasteiger partial charge in [-0.1, -0.05) is 37.5 Å². The van der Waals surface area contributed by atoms with Crippen molar-refractivity contribution in [3.63, 3.8) is 0 Å². The van der Waals surface area contributed by atoms with Gasteiger partial charge in [-0.25, -0.2) is 0 Å². The third-order valence-electron chi connectivity index (χ3n) is 1.61. The maximum atomic E-state index is 9.61. The summed E-state index contributed by atoms with van der Waals surface area (Å²) in [5.74, 6) is 0.0549. The summed E-state index contributed by atoms with van der Waals surface area (Å²) in [6.45, 7) is 10.8. The van der Waals surface area contributed by atoms with E-state index in [1.807, 2.05) is 19.1 Å². The minimum Gasteiger partial charge on any atom is -0.506 e. The second kappa shape index (κ2) is 7.56. The maximum Gasteiger partial charge on any atom is 0.141 e. The average molecular weight is 203 g/mol. The first kappa shape index (κ1) is 13.2. The van der Waals surface area contributed by atoms with E-state index < -0.39 is 0 Å². The van der Waals surface area contributed by atoms with Crippen molar-refractivity contribution in [2.75, 3.05) is 0 Å². The van der Waals surface area contributed by atoms with Gasteiger partial charge in [-0.3, -0.25) is 4.99 Å². The van der Waals surface area contributed by atoms with Crippen molar-refractivity contribution in [2.24, 2.45) is 4.99 Å². The lowest BCUT2D eigenvalue weighted by molar-refractivity contribution is 0.426. The second-order valence-electron chi connectivity index (χ2n) is 2.68. The topological polar surface area (TPSA) is 32.6 Å². The molecular weight excluding hydrogens is 186 g/mol. The highest BCUT2D eigenvalue weighted by Crippen LogP contribution is 2.17. The van der Waals surface area contributed by atoms with Gasteiger partial charge in [-0.05, 0) is 19.9 Å². The molecule has 0 aromatic carbocycles.